The van der Waals surface area contributed by atoms with E-state index in [1.165, 1.54) is 67.9 Å². The van der Waals surface area contributed by atoms with Gasteiger partial charge < -0.3 is 5.92 Å². The van der Waals surface area contributed by atoms with Gasteiger partial charge in [-0.2, -0.15) is 20.8 Å². The van der Waals surface area contributed by atoms with Crippen LogP contribution in [0.3, 0.4) is 0 Å². The van der Waals surface area contributed by atoms with Gasteiger partial charge >= 0.3 is 283 Å². The van der Waals surface area contributed by atoms with Crippen molar-refractivity contribution in [2.75, 3.05) is 0 Å². The number of allylic oxidation sites excluding steroid dienone is 2. The van der Waals surface area contributed by atoms with Crippen molar-refractivity contribution >= 4 is 22.0 Å². The first kappa shape index (κ1) is 66.1. The molecule has 39 heavy (non-hydrogen) atoms. The van der Waals surface area contributed by atoms with E-state index in [0.29, 0.717) is 21.7 Å². The Morgan fingerprint density at radius 2 is 0.718 bits per heavy atom. The predicted molar refractivity (Wildman–Crippen MR) is 151 cm³/mol. The first-order valence-corrected chi connectivity index (χ1v) is 19.4. The molecule has 0 saturated heterocycles. The Hall–Kier alpha value is 4.60. The summed E-state index contributed by atoms with van der Waals surface area (Å²) in [5.74, 6) is 1.42. The Morgan fingerprint density at radius 1 is 0.564 bits per heavy atom. The molecule has 0 amide bonds. The topological polar surface area (TPSA) is 0 Å². The number of rotatable bonds is 1. The molecule has 0 radical (unpaired) electrons. The van der Waals surface area contributed by atoms with E-state index in [-0.39, 0.29) is 68.6 Å². The molecule has 0 aromatic carbocycles. The zero-order valence-electron chi connectivity index (χ0n) is 27.9. The Bertz CT molecular complexity index is 541. The molecule has 0 nitrogen and oxygen atoms in total. The third-order valence-corrected chi connectivity index (χ3v) is 11.5. The van der Waals surface area contributed by atoms with Gasteiger partial charge in [-0.25, -0.2) is 0 Å². The summed E-state index contributed by atoms with van der Waals surface area (Å²) in [6, 6.07) is 0. The largest absolute Gasteiger partial charge is 2.00 e. The first-order valence-electron chi connectivity index (χ1n) is 11.9. The molecule has 0 aliphatic carbocycles. The van der Waals surface area contributed by atoms with Gasteiger partial charge in [-0.1, -0.05) is 0 Å². The second kappa shape index (κ2) is 35.5. The second-order valence-electron chi connectivity index (χ2n) is 13.7. The molecule has 0 saturated carbocycles. The van der Waals surface area contributed by atoms with Gasteiger partial charge in [0.2, 0.25) is 0 Å². The average Bonchev–Trinajstić information content (AvgIpc) is 2.65. The van der Waals surface area contributed by atoms with Crippen molar-refractivity contribution in [3.8, 4) is 0 Å². The van der Waals surface area contributed by atoms with Crippen LogP contribution in [0, 0.1) is 39.1 Å². The molecule has 0 aromatic heterocycles. The minimum atomic E-state index is 0. The van der Waals surface area contributed by atoms with Crippen molar-refractivity contribution in [1.29, 1.82) is 0 Å². The van der Waals surface area contributed by atoms with Crippen LogP contribution in [0.25, 0.3) is 0 Å². The summed E-state index contributed by atoms with van der Waals surface area (Å²) >= 11 is 6.96. The van der Waals surface area contributed by atoms with Crippen LogP contribution >= 0.6 is 0 Å². The smallest absolute Gasteiger partial charge is 0 e. The van der Waals surface area contributed by atoms with E-state index < -0.39 is 0 Å². The summed E-state index contributed by atoms with van der Waals surface area (Å²) in [5, 5.41) is 0. The molecule has 232 valence electrons. The van der Waals surface area contributed by atoms with E-state index in [0.717, 1.165) is 19.4 Å². The van der Waals surface area contributed by atoms with E-state index in [1.807, 2.05) is 0 Å². The van der Waals surface area contributed by atoms with Gasteiger partial charge in [0.25, 0.3) is 0 Å². The quantitative estimate of drug-likeness (QED) is 0.232. The maximum absolute atomic E-state index is 4.58. The fourth-order valence-electron chi connectivity index (χ4n) is 0.499. The molecular weight excluding hydrogens is 1840 g/mol. The fraction of sp³-hybridized carbons (Fsp3) is 0.742. The SMILES string of the molecule is CC(C)(C)[C-]=C[C](=[W])C(C)(C)C.CC(C)(C)[C-]=[W].CC(C)(C)[C-]=[W].CC(C)(C)[C-]=[W].C[C-](C)C.[CH-]=[W].[W+2].[W].[W]. The number of hydrogen-bond donors (Lipinski definition) is 0. The average molecular weight is 1900 g/mol. The molecule has 0 fully saturated rings. The van der Waals surface area contributed by atoms with E-state index in [9.17, 15) is 0 Å². The van der Waals surface area contributed by atoms with Crippen LogP contribution in [0.15, 0.2) is 6.08 Å². The molecule has 0 unspecified atom stereocenters. The van der Waals surface area contributed by atoms with Crippen LogP contribution in [0.5, 0.6) is 0 Å². The molecule has 0 rings (SSSR count). The minimum absolute atomic E-state index is 0. The zero-order valence-corrected chi connectivity index (χ0v) is 51.4. The summed E-state index contributed by atoms with van der Waals surface area (Å²) in [5.41, 5.74) is 1.49. The van der Waals surface area contributed by atoms with Gasteiger partial charge in [-0.15, -0.1) is 0 Å². The molecule has 0 aliphatic rings. The summed E-state index contributed by atoms with van der Waals surface area (Å²) < 4.78 is 11.0. The van der Waals surface area contributed by atoms with Crippen molar-refractivity contribution in [3.63, 3.8) is 0 Å². The maximum Gasteiger partial charge on any atom is 2.00 e. The Balaban J connectivity index is -0.0000000418. The van der Waals surface area contributed by atoms with Crippen LogP contribution in [0.4, 0.5) is 0 Å². The minimum Gasteiger partial charge on any atom is 0 e. The van der Waals surface area contributed by atoms with Gasteiger partial charge in [-0.3, -0.25) is 0 Å². The van der Waals surface area contributed by atoms with Crippen LogP contribution in [-0.4, -0.2) is 22.0 Å². The summed E-state index contributed by atoms with van der Waals surface area (Å²) in [7, 11) is 0. The molecule has 0 spiro atoms. The molecule has 0 aromatic rings. The molecule has 0 bridgehead atoms. The summed E-state index contributed by atoms with van der Waals surface area (Å²) in [6.45, 7) is 38.9. The second-order valence-corrected chi connectivity index (χ2v) is 17.5. The van der Waals surface area contributed by atoms with Crippen molar-refractivity contribution in [2.24, 2.45) is 27.1 Å². The molecule has 0 aliphatic heterocycles. The van der Waals surface area contributed by atoms with E-state index in [2.05, 4.69) is 155 Å². The molecule has 8 heteroatoms. The van der Waals surface area contributed by atoms with Crippen molar-refractivity contribution in [3.05, 3.63) is 18.1 Å². The van der Waals surface area contributed by atoms with Crippen LogP contribution < -0.4 is 0 Å². The van der Waals surface area contributed by atoms with Crippen molar-refractivity contribution in [1.82, 2.24) is 0 Å². The van der Waals surface area contributed by atoms with Crippen LogP contribution in [0.2, 0.25) is 0 Å². The van der Waals surface area contributed by atoms with Gasteiger partial charge in [-0.05, 0) is 0 Å². The van der Waals surface area contributed by atoms with Crippen LogP contribution in [0.1, 0.15) is 125 Å². The summed E-state index contributed by atoms with van der Waals surface area (Å²) in [4.78, 5) is 4.58. The van der Waals surface area contributed by atoms with Crippen molar-refractivity contribution in [2.45, 2.75) is 125 Å². The Labute approximate surface area is 346 Å². The first-order chi connectivity index (χ1) is 15.5. The standard InChI is InChI=1S/C11H19.3C5H9.C4H9.CH.8W/c1-10(2,3)8-7-9-11(4,5)6;3*1-5(2,3)4;1-4(2)3;;;;;;;;;/h7H,1-6H3;3*1-3H3;1-3H3;1H;;;;;;;;/q6*-1;;;;;;;;+2. The molecular formula is C31H56W8-4. The third-order valence-electron chi connectivity index (χ3n) is 2.29. The Kier molecular flexibility index (Phi) is 60.1. The Morgan fingerprint density at radius 3 is 0.795 bits per heavy atom. The third kappa shape index (κ3) is 107. The van der Waals surface area contributed by atoms with Gasteiger partial charge in [0.05, 0.1) is 0 Å². The molecule has 0 atom stereocenters. The summed E-state index contributed by atoms with van der Waals surface area (Å²) in [6.07, 6.45) is 5.55. The van der Waals surface area contributed by atoms with Gasteiger partial charge in [0.15, 0.2) is 0 Å². The van der Waals surface area contributed by atoms with E-state index >= 15 is 0 Å². The fourth-order valence-corrected chi connectivity index (χ4v) is 0.710. The predicted octanol–water partition coefficient (Wildman–Crippen LogP) is 8.39. The maximum atomic E-state index is 4.58. The molecule has 0 N–H and O–H groups in total. The normalized spacial score (nSPS) is 10.4. The zero-order chi connectivity index (χ0) is 31.2. The van der Waals surface area contributed by atoms with E-state index in [4.69, 9.17) is 0 Å². The van der Waals surface area contributed by atoms with Gasteiger partial charge in [0.1, 0.15) is 0 Å². The monoisotopic (exact) mass is 1900 g/mol. The number of hydrogen-bond acceptors (Lipinski definition) is 0. The molecule has 0 heterocycles. The van der Waals surface area contributed by atoms with E-state index in [1.54, 1.807) is 19.4 Å². The van der Waals surface area contributed by atoms with Crippen LogP contribution in [-0.2, 0) is 160 Å². The van der Waals surface area contributed by atoms with Crippen molar-refractivity contribution < 1.29 is 160 Å². The van der Waals surface area contributed by atoms with Gasteiger partial charge in [0, 0.05) is 42.1 Å².